The van der Waals surface area contributed by atoms with Crippen LogP contribution >= 0.6 is 0 Å². The van der Waals surface area contributed by atoms with Crippen LogP contribution in [0.15, 0.2) is 0 Å². The highest BCUT2D eigenvalue weighted by Gasteiger charge is 2.38. The third kappa shape index (κ3) is 2.98. The van der Waals surface area contributed by atoms with Gasteiger partial charge < -0.3 is 15.1 Å². The molecule has 3 heteroatoms. The van der Waals surface area contributed by atoms with E-state index in [0.717, 1.165) is 30.1 Å². The highest BCUT2D eigenvalue weighted by atomic mass is 15.2. The quantitative estimate of drug-likeness (QED) is 0.838. The van der Waals surface area contributed by atoms with Crippen LogP contribution in [0.3, 0.4) is 0 Å². The molecule has 0 aromatic rings. The minimum atomic E-state index is 0.726. The Labute approximate surface area is 118 Å². The number of hydrogen-bond acceptors (Lipinski definition) is 3. The third-order valence-electron chi connectivity index (χ3n) is 5.84. The minimum Gasteiger partial charge on any atom is -0.314 e. The van der Waals surface area contributed by atoms with Gasteiger partial charge in [0.1, 0.15) is 0 Å². The van der Waals surface area contributed by atoms with E-state index in [9.17, 15) is 0 Å². The zero-order valence-corrected chi connectivity index (χ0v) is 12.9. The summed E-state index contributed by atoms with van der Waals surface area (Å²) in [6, 6.07) is 3.25. The smallest absolute Gasteiger partial charge is 0.0111 e. The minimum absolute atomic E-state index is 0.726. The molecule has 0 saturated carbocycles. The molecule has 110 valence electrons. The third-order valence-corrected chi connectivity index (χ3v) is 5.84. The van der Waals surface area contributed by atoms with Crippen LogP contribution in [-0.2, 0) is 0 Å². The first kappa shape index (κ1) is 13.8. The second-order valence-corrected chi connectivity index (χ2v) is 7.37. The average molecular weight is 265 g/mol. The van der Waals surface area contributed by atoms with Crippen molar-refractivity contribution >= 4 is 0 Å². The molecule has 3 aliphatic rings. The molecule has 3 fully saturated rings. The number of nitrogens with one attached hydrogen (secondary N) is 1. The summed E-state index contributed by atoms with van der Waals surface area (Å²) in [7, 11) is 2.33. The first-order chi connectivity index (χ1) is 9.13. The topological polar surface area (TPSA) is 18.5 Å². The van der Waals surface area contributed by atoms with Crippen molar-refractivity contribution in [1.82, 2.24) is 15.1 Å². The van der Waals surface area contributed by atoms with Crippen molar-refractivity contribution < 1.29 is 0 Å². The van der Waals surface area contributed by atoms with E-state index < -0.39 is 0 Å². The van der Waals surface area contributed by atoms with Crippen LogP contribution < -0.4 is 5.32 Å². The first-order valence-electron chi connectivity index (χ1n) is 8.33. The number of hydrogen-bond donors (Lipinski definition) is 1. The molecule has 0 spiro atoms. The Balaban J connectivity index is 1.42. The van der Waals surface area contributed by atoms with Crippen LogP contribution in [0.25, 0.3) is 0 Å². The van der Waals surface area contributed by atoms with E-state index in [1.54, 1.807) is 0 Å². The van der Waals surface area contributed by atoms with Crippen LogP contribution in [0.5, 0.6) is 0 Å². The summed E-state index contributed by atoms with van der Waals surface area (Å²) in [6.07, 6.45) is 7.03. The molecule has 3 saturated heterocycles. The van der Waals surface area contributed by atoms with E-state index in [0.29, 0.717) is 0 Å². The predicted octanol–water partition coefficient (Wildman–Crippen LogP) is 1.93. The molecular formula is C16H31N3. The molecule has 0 aliphatic carbocycles. The van der Waals surface area contributed by atoms with Gasteiger partial charge in [-0.25, -0.2) is 0 Å². The summed E-state index contributed by atoms with van der Waals surface area (Å²) in [4.78, 5) is 5.26. The summed E-state index contributed by atoms with van der Waals surface area (Å²) < 4.78 is 0. The van der Waals surface area contributed by atoms with Crippen LogP contribution in [0.2, 0.25) is 0 Å². The fourth-order valence-electron chi connectivity index (χ4n) is 4.41. The van der Waals surface area contributed by atoms with Crippen molar-refractivity contribution in [2.45, 2.75) is 70.1 Å². The van der Waals surface area contributed by atoms with Crippen molar-refractivity contribution in [3.05, 3.63) is 0 Å². The lowest BCUT2D eigenvalue weighted by Crippen LogP contribution is -2.48. The first-order valence-corrected chi connectivity index (χ1v) is 8.33. The van der Waals surface area contributed by atoms with E-state index >= 15 is 0 Å². The molecule has 19 heavy (non-hydrogen) atoms. The van der Waals surface area contributed by atoms with Gasteiger partial charge in [-0.05, 0) is 72.0 Å². The lowest BCUT2D eigenvalue weighted by atomic mass is 9.97. The molecule has 3 unspecified atom stereocenters. The molecule has 0 amide bonds. The summed E-state index contributed by atoms with van der Waals surface area (Å²) >= 11 is 0. The largest absolute Gasteiger partial charge is 0.314 e. The van der Waals surface area contributed by atoms with Gasteiger partial charge in [-0.3, -0.25) is 0 Å². The number of nitrogens with zero attached hydrogens (tertiary/aromatic N) is 2. The Kier molecular flexibility index (Phi) is 4.16. The van der Waals surface area contributed by atoms with Crippen molar-refractivity contribution in [2.24, 2.45) is 5.92 Å². The molecule has 3 atom stereocenters. The average Bonchev–Trinajstić information content (AvgIpc) is 2.91. The van der Waals surface area contributed by atoms with E-state index in [1.807, 2.05) is 0 Å². The molecule has 0 aromatic carbocycles. The molecule has 3 heterocycles. The maximum Gasteiger partial charge on any atom is 0.0111 e. The van der Waals surface area contributed by atoms with E-state index in [-0.39, 0.29) is 0 Å². The van der Waals surface area contributed by atoms with Gasteiger partial charge in [0.25, 0.3) is 0 Å². The molecule has 0 aromatic heterocycles. The molecule has 1 N–H and O–H groups in total. The van der Waals surface area contributed by atoms with E-state index in [4.69, 9.17) is 0 Å². The Morgan fingerprint density at radius 3 is 2.37 bits per heavy atom. The van der Waals surface area contributed by atoms with Crippen molar-refractivity contribution in [3.63, 3.8) is 0 Å². The van der Waals surface area contributed by atoms with Gasteiger partial charge in [-0.15, -0.1) is 0 Å². The fraction of sp³-hybridized carbons (Fsp3) is 1.00. The van der Waals surface area contributed by atoms with Gasteiger partial charge in [0.15, 0.2) is 0 Å². The number of piperidine rings is 1. The van der Waals surface area contributed by atoms with Crippen molar-refractivity contribution in [3.8, 4) is 0 Å². The van der Waals surface area contributed by atoms with E-state index in [1.165, 1.54) is 51.7 Å². The second kappa shape index (κ2) is 5.71. The normalized spacial score (nSPS) is 40.4. The number of likely N-dealkylation sites (tertiary alicyclic amines) is 1. The van der Waals surface area contributed by atoms with Gasteiger partial charge in [0, 0.05) is 30.7 Å². The molecule has 2 bridgehead atoms. The van der Waals surface area contributed by atoms with E-state index in [2.05, 4.69) is 36.0 Å². The SMILES string of the molecule is CC(C)N1CCC(CNC2CC3CCC(C2)N3C)C1. The maximum absolute atomic E-state index is 3.89. The molecule has 0 radical (unpaired) electrons. The molecule has 3 rings (SSSR count). The summed E-state index contributed by atoms with van der Waals surface area (Å²) in [6.45, 7) is 8.51. The van der Waals surface area contributed by atoms with Crippen LogP contribution in [-0.4, -0.2) is 60.6 Å². The lowest BCUT2D eigenvalue weighted by molar-refractivity contribution is 0.146. The highest BCUT2D eigenvalue weighted by molar-refractivity contribution is 4.96. The fourth-order valence-corrected chi connectivity index (χ4v) is 4.41. The molecular weight excluding hydrogens is 234 g/mol. The van der Waals surface area contributed by atoms with Crippen molar-refractivity contribution in [2.75, 3.05) is 26.7 Å². The van der Waals surface area contributed by atoms with Gasteiger partial charge in [0.2, 0.25) is 0 Å². The zero-order valence-electron chi connectivity index (χ0n) is 12.9. The highest BCUT2D eigenvalue weighted by Crippen LogP contribution is 2.34. The molecule has 3 nitrogen and oxygen atoms in total. The summed E-state index contributed by atoms with van der Waals surface area (Å²) in [5.41, 5.74) is 0. The van der Waals surface area contributed by atoms with Crippen LogP contribution in [0, 0.1) is 5.92 Å². The Bertz CT molecular complexity index is 290. The second-order valence-electron chi connectivity index (χ2n) is 7.37. The lowest BCUT2D eigenvalue weighted by Gasteiger charge is -2.37. The predicted molar refractivity (Wildman–Crippen MR) is 80.4 cm³/mol. The van der Waals surface area contributed by atoms with Gasteiger partial charge in [0.05, 0.1) is 0 Å². The molecule has 3 aliphatic heterocycles. The van der Waals surface area contributed by atoms with Gasteiger partial charge in [-0.1, -0.05) is 0 Å². The maximum atomic E-state index is 3.89. The zero-order chi connectivity index (χ0) is 13.4. The van der Waals surface area contributed by atoms with Crippen molar-refractivity contribution in [1.29, 1.82) is 0 Å². The van der Waals surface area contributed by atoms with Crippen LogP contribution in [0.1, 0.15) is 46.0 Å². The summed E-state index contributed by atoms with van der Waals surface area (Å²) in [5.74, 6) is 0.889. The van der Waals surface area contributed by atoms with Gasteiger partial charge >= 0.3 is 0 Å². The Morgan fingerprint density at radius 1 is 1.11 bits per heavy atom. The number of rotatable bonds is 4. The standard InChI is InChI=1S/C16H31N3/c1-12(2)19-7-6-13(11-19)10-17-14-8-15-4-5-16(9-14)18(15)3/h12-17H,4-11H2,1-3H3. The Hall–Kier alpha value is -0.120. The summed E-state index contributed by atoms with van der Waals surface area (Å²) in [5, 5.41) is 3.89. The van der Waals surface area contributed by atoms with Gasteiger partial charge in [-0.2, -0.15) is 0 Å². The number of fused-ring (bicyclic) bond motifs is 2. The monoisotopic (exact) mass is 265 g/mol. The van der Waals surface area contributed by atoms with Crippen LogP contribution in [0.4, 0.5) is 0 Å². The Morgan fingerprint density at radius 2 is 1.79 bits per heavy atom.